The molecule has 0 saturated heterocycles. The summed E-state index contributed by atoms with van der Waals surface area (Å²) in [6.07, 6.45) is 2.15. The van der Waals surface area contributed by atoms with Gasteiger partial charge in [0.15, 0.2) is 6.61 Å². The summed E-state index contributed by atoms with van der Waals surface area (Å²) in [5.74, 6) is 0.204. The summed E-state index contributed by atoms with van der Waals surface area (Å²) >= 11 is 3.55. The Morgan fingerprint density at radius 2 is 1.64 bits per heavy atom. The summed E-state index contributed by atoms with van der Waals surface area (Å²) in [4.78, 5) is 28.6. The Morgan fingerprint density at radius 3 is 2.28 bits per heavy atom. The number of hydrogen-bond donors (Lipinski definition) is 1. The van der Waals surface area contributed by atoms with Gasteiger partial charge in [-0.3, -0.25) is 9.59 Å². The second kappa shape index (κ2) is 13.8. The average Bonchev–Trinajstić information content (AvgIpc) is 2.90. The molecule has 6 heteroatoms. The van der Waals surface area contributed by atoms with E-state index in [9.17, 15) is 9.59 Å². The van der Waals surface area contributed by atoms with Crippen LogP contribution in [0.25, 0.3) is 0 Å². The first-order valence-corrected chi connectivity index (χ1v) is 13.3. The van der Waals surface area contributed by atoms with Crippen molar-refractivity contribution >= 4 is 27.7 Å². The summed E-state index contributed by atoms with van der Waals surface area (Å²) in [7, 11) is 0. The third kappa shape index (κ3) is 7.95. The summed E-state index contributed by atoms with van der Waals surface area (Å²) < 4.78 is 6.73. The Kier molecular flexibility index (Phi) is 10.6. The molecule has 0 spiro atoms. The Balaban J connectivity index is 1.88. The fraction of sp³-hybridized carbons (Fsp3) is 0.333. The van der Waals surface area contributed by atoms with Gasteiger partial charge in [-0.05, 0) is 64.5 Å². The number of nitrogens with one attached hydrogen (secondary N) is 1. The number of halogens is 1. The van der Waals surface area contributed by atoms with Crippen LogP contribution in [0.15, 0.2) is 77.3 Å². The molecule has 0 aliphatic carbocycles. The van der Waals surface area contributed by atoms with Crippen molar-refractivity contribution in [1.82, 2.24) is 10.2 Å². The molecule has 1 unspecified atom stereocenters. The summed E-state index contributed by atoms with van der Waals surface area (Å²) in [6, 6.07) is 23.0. The molecule has 0 radical (unpaired) electrons. The molecule has 2 amide bonds. The Labute approximate surface area is 223 Å². The summed E-state index contributed by atoms with van der Waals surface area (Å²) in [5, 5.41) is 3.00. The van der Waals surface area contributed by atoms with Crippen LogP contribution in [0, 0.1) is 6.92 Å². The zero-order chi connectivity index (χ0) is 25.9. The Hall–Kier alpha value is -3.12. The van der Waals surface area contributed by atoms with E-state index in [1.165, 1.54) is 5.56 Å². The van der Waals surface area contributed by atoms with E-state index in [1.54, 1.807) is 4.90 Å². The summed E-state index contributed by atoms with van der Waals surface area (Å²) in [6.45, 7) is 6.84. The molecule has 0 heterocycles. The topological polar surface area (TPSA) is 58.6 Å². The van der Waals surface area contributed by atoms with Crippen LogP contribution in [0.4, 0.5) is 0 Å². The fourth-order valence-corrected chi connectivity index (χ4v) is 4.45. The lowest BCUT2D eigenvalue weighted by molar-refractivity contribution is -0.142. The smallest absolute Gasteiger partial charge is 0.261 e. The molecule has 3 aromatic rings. The SMILES string of the molecule is CCCNC(=O)C(Cc1ccccc1)N(Cc1ccc(C)cc1)C(=O)COc1ccc(CC)cc1Br. The lowest BCUT2D eigenvalue weighted by Crippen LogP contribution is -2.51. The minimum atomic E-state index is -0.665. The molecule has 1 N–H and O–H groups in total. The van der Waals surface area contributed by atoms with Crippen molar-refractivity contribution < 1.29 is 14.3 Å². The number of carbonyl (C=O) groups is 2. The number of nitrogens with zero attached hydrogens (tertiary/aromatic N) is 1. The van der Waals surface area contributed by atoms with Gasteiger partial charge in [0, 0.05) is 19.5 Å². The quantitative estimate of drug-likeness (QED) is 0.307. The van der Waals surface area contributed by atoms with Crippen LogP contribution in [-0.2, 0) is 29.0 Å². The van der Waals surface area contributed by atoms with E-state index in [-0.39, 0.29) is 18.4 Å². The largest absolute Gasteiger partial charge is 0.483 e. The minimum absolute atomic E-state index is 0.158. The van der Waals surface area contributed by atoms with Gasteiger partial charge in [0.1, 0.15) is 11.8 Å². The van der Waals surface area contributed by atoms with Crippen LogP contribution in [0.2, 0.25) is 0 Å². The van der Waals surface area contributed by atoms with Gasteiger partial charge in [-0.15, -0.1) is 0 Å². The molecule has 3 aromatic carbocycles. The normalized spacial score (nSPS) is 11.6. The predicted molar refractivity (Wildman–Crippen MR) is 148 cm³/mol. The number of benzene rings is 3. The third-order valence-electron chi connectivity index (χ3n) is 6.05. The van der Waals surface area contributed by atoms with Crippen molar-refractivity contribution in [2.24, 2.45) is 0 Å². The van der Waals surface area contributed by atoms with Crippen molar-refractivity contribution in [3.8, 4) is 5.75 Å². The maximum atomic E-state index is 13.6. The fourth-order valence-electron chi connectivity index (χ4n) is 3.91. The van der Waals surface area contributed by atoms with E-state index < -0.39 is 6.04 Å². The first-order valence-electron chi connectivity index (χ1n) is 12.5. The number of carbonyl (C=O) groups excluding carboxylic acids is 2. The predicted octanol–water partition coefficient (Wildman–Crippen LogP) is 5.87. The van der Waals surface area contributed by atoms with Crippen molar-refractivity contribution in [1.29, 1.82) is 0 Å². The molecule has 3 rings (SSSR count). The molecule has 190 valence electrons. The van der Waals surface area contributed by atoms with Gasteiger partial charge >= 0.3 is 0 Å². The van der Waals surface area contributed by atoms with Gasteiger partial charge in [-0.1, -0.05) is 80.1 Å². The first-order chi connectivity index (χ1) is 17.4. The van der Waals surface area contributed by atoms with E-state index in [4.69, 9.17) is 4.74 Å². The van der Waals surface area contributed by atoms with E-state index in [2.05, 4.69) is 28.2 Å². The maximum absolute atomic E-state index is 13.6. The Morgan fingerprint density at radius 1 is 0.944 bits per heavy atom. The minimum Gasteiger partial charge on any atom is -0.483 e. The number of aryl methyl sites for hydroxylation is 2. The highest BCUT2D eigenvalue weighted by Gasteiger charge is 2.30. The van der Waals surface area contributed by atoms with Crippen molar-refractivity contribution in [2.75, 3.05) is 13.2 Å². The molecule has 0 bridgehead atoms. The molecule has 5 nitrogen and oxygen atoms in total. The number of amides is 2. The van der Waals surface area contributed by atoms with E-state index >= 15 is 0 Å². The van der Waals surface area contributed by atoms with E-state index in [0.717, 1.165) is 34.0 Å². The zero-order valence-corrected chi connectivity index (χ0v) is 22.9. The van der Waals surface area contributed by atoms with Gasteiger partial charge in [-0.25, -0.2) is 0 Å². The molecular weight excluding hydrogens is 516 g/mol. The number of rotatable bonds is 12. The van der Waals surface area contributed by atoms with Crippen LogP contribution in [0.5, 0.6) is 5.75 Å². The molecule has 0 aromatic heterocycles. The van der Waals surface area contributed by atoms with Gasteiger partial charge in [-0.2, -0.15) is 0 Å². The monoisotopic (exact) mass is 550 g/mol. The average molecular weight is 552 g/mol. The van der Waals surface area contributed by atoms with Gasteiger partial charge in [0.05, 0.1) is 4.47 Å². The molecule has 0 saturated carbocycles. The molecule has 0 aliphatic heterocycles. The lowest BCUT2D eigenvalue weighted by Gasteiger charge is -2.31. The van der Waals surface area contributed by atoms with E-state index in [1.807, 2.05) is 86.6 Å². The third-order valence-corrected chi connectivity index (χ3v) is 6.67. The van der Waals surface area contributed by atoms with Crippen LogP contribution in [-0.4, -0.2) is 35.9 Å². The Bertz CT molecular complexity index is 1130. The van der Waals surface area contributed by atoms with Crippen molar-refractivity contribution in [2.45, 2.75) is 52.6 Å². The zero-order valence-electron chi connectivity index (χ0n) is 21.3. The molecule has 0 fully saturated rings. The van der Waals surface area contributed by atoms with Gasteiger partial charge in [0.25, 0.3) is 5.91 Å². The summed E-state index contributed by atoms with van der Waals surface area (Å²) in [5.41, 5.74) is 4.28. The van der Waals surface area contributed by atoms with Crippen LogP contribution in [0.1, 0.15) is 42.5 Å². The van der Waals surface area contributed by atoms with Crippen molar-refractivity contribution in [3.63, 3.8) is 0 Å². The van der Waals surface area contributed by atoms with Crippen LogP contribution >= 0.6 is 15.9 Å². The molecular formula is C30H35BrN2O3. The lowest BCUT2D eigenvalue weighted by atomic mass is 10.0. The van der Waals surface area contributed by atoms with Crippen molar-refractivity contribution in [3.05, 3.63) is 99.5 Å². The van der Waals surface area contributed by atoms with Crippen LogP contribution < -0.4 is 10.1 Å². The molecule has 1 atom stereocenters. The molecule has 36 heavy (non-hydrogen) atoms. The highest BCUT2D eigenvalue weighted by Crippen LogP contribution is 2.26. The van der Waals surface area contributed by atoms with E-state index in [0.29, 0.717) is 25.3 Å². The highest BCUT2D eigenvalue weighted by atomic mass is 79.9. The number of hydrogen-bond acceptors (Lipinski definition) is 3. The van der Waals surface area contributed by atoms with Gasteiger partial charge < -0.3 is 15.0 Å². The highest BCUT2D eigenvalue weighted by molar-refractivity contribution is 9.10. The molecule has 0 aliphatic rings. The maximum Gasteiger partial charge on any atom is 0.261 e. The standard InChI is InChI=1S/C30H35BrN2O3/c1-4-17-32-30(35)27(19-24-9-7-6-8-10-24)33(20-25-13-11-22(3)12-14-25)29(34)21-36-28-16-15-23(5-2)18-26(28)31/h6-16,18,27H,4-5,17,19-21H2,1-3H3,(H,32,35). The number of ether oxygens (including phenoxy) is 1. The first kappa shape index (κ1) is 27.5. The second-order valence-corrected chi connectivity index (χ2v) is 9.77. The second-order valence-electron chi connectivity index (χ2n) is 8.91. The van der Waals surface area contributed by atoms with Crippen LogP contribution in [0.3, 0.4) is 0 Å². The van der Waals surface area contributed by atoms with Gasteiger partial charge in [0.2, 0.25) is 5.91 Å².